The van der Waals surface area contributed by atoms with Gasteiger partial charge < -0.3 is 4.74 Å². The zero-order valence-electron chi connectivity index (χ0n) is 17.4. The second-order valence-corrected chi connectivity index (χ2v) is 10.5. The number of fused-ring (bicyclic) bond motifs is 5. The second kappa shape index (κ2) is 6.75. The fourth-order valence-corrected chi connectivity index (χ4v) is 7.60. The van der Waals surface area contributed by atoms with E-state index in [1.165, 1.54) is 38.5 Å². The summed E-state index contributed by atoms with van der Waals surface area (Å²) in [5, 5.41) is 0. The number of benzene rings is 1. The van der Waals surface area contributed by atoms with E-state index < -0.39 is 0 Å². The van der Waals surface area contributed by atoms with Gasteiger partial charge in [-0.2, -0.15) is 0 Å². The van der Waals surface area contributed by atoms with Crippen LogP contribution >= 0.6 is 0 Å². The Kier molecular flexibility index (Phi) is 4.45. The van der Waals surface area contributed by atoms with Crippen LogP contribution in [-0.2, 0) is 4.74 Å². The van der Waals surface area contributed by atoms with E-state index in [-0.39, 0.29) is 12.1 Å². The van der Waals surface area contributed by atoms with Crippen LogP contribution in [0.5, 0.6) is 0 Å². The molecule has 0 aliphatic heterocycles. The molecule has 0 heterocycles. The summed E-state index contributed by atoms with van der Waals surface area (Å²) < 4.78 is 5.94. The van der Waals surface area contributed by atoms with Crippen LogP contribution in [0.2, 0.25) is 0 Å². The molecule has 4 aliphatic rings. The van der Waals surface area contributed by atoms with E-state index >= 15 is 0 Å². The molecule has 3 fully saturated rings. The molecule has 2 nitrogen and oxygen atoms in total. The Hall–Kier alpha value is -1.57. The molecule has 7 atom stereocenters. The summed E-state index contributed by atoms with van der Waals surface area (Å²) in [7, 11) is 0. The molecule has 5 rings (SSSR count). The van der Waals surface area contributed by atoms with Crippen LogP contribution < -0.4 is 0 Å². The third kappa shape index (κ3) is 2.86. The fourth-order valence-electron chi connectivity index (χ4n) is 7.60. The van der Waals surface area contributed by atoms with Crippen molar-refractivity contribution in [1.29, 1.82) is 0 Å². The Morgan fingerprint density at radius 2 is 1.82 bits per heavy atom. The summed E-state index contributed by atoms with van der Waals surface area (Å²) in [5.74, 6) is 3.22. The Labute approximate surface area is 169 Å². The van der Waals surface area contributed by atoms with Crippen molar-refractivity contribution >= 4 is 5.97 Å². The van der Waals surface area contributed by atoms with Crippen molar-refractivity contribution in [3.05, 3.63) is 48.0 Å². The average Bonchev–Trinajstić information content (AvgIpc) is 3.11. The van der Waals surface area contributed by atoms with Gasteiger partial charge in [-0.15, -0.1) is 0 Å². The molecule has 2 heteroatoms. The van der Waals surface area contributed by atoms with E-state index in [2.05, 4.69) is 26.0 Å². The van der Waals surface area contributed by atoms with Gasteiger partial charge in [0.15, 0.2) is 0 Å². The molecule has 1 aromatic rings. The smallest absolute Gasteiger partial charge is 0.338 e. The van der Waals surface area contributed by atoms with Crippen LogP contribution in [0.3, 0.4) is 0 Å². The maximum Gasteiger partial charge on any atom is 0.338 e. The fraction of sp³-hybridized carbons (Fsp3) is 0.654. The van der Waals surface area contributed by atoms with E-state index in [1.807, 2.05) is 30.3 Å². The number of hydrogen-bond donors (Lipinski definition) is 0. The van der Waals surface area contributed by atoms with E-state index in [0.717, 1.165) is 36.5 Å². The molecule has 28 heavy (non-hydrogen) atoms. The van der Waals surface area contributed by atoms with Gasteiger partial charge in [0.2, 0.25) is 0 Å². The Bertz CT molecular complexity index is 768. The van der Waals surface area contributed by atoms with Gasteiger partial charge in [0.1, 0.15) is 6.10 Å². The highest BCUT2D eigenvalue weighted by molar-refractivity contribution is 5.89. The SMILES string of the molecule is C[C@]12CC[C@@H](OC(=O)c3ccccc3)C[C@@H]1CC[C@H]1[C@H]3CC=C[C@@]3(C)CC[C@@H]12. The third-order valence-corrected chi connectivity index (χ3v) is 9.23. The molecule has 0 saturated heterocycles. The summed E-state index contributed by atoms with van der Waals surface area (Å²) in [6, 6.07) is 9.47. The monoisotopic (exact) mass is 378 g/mol. The van der Waals surface area contributed by atoms with E-state index in [1.54, 1.807) is 0 Å². The lowest BCUT2D eigenvalue weighted by molar-refractivity contribution is -0.118. The topological polar surface area (TPSA) is 26.3 Å². The van der Waals surface area contributed by atoms with Crippen molar-refractivity contribution in [3.63, 3.8) is 0 Å². The van der Waals surface area contributed by atoms with Gasteiger partial charge in [0.05, 0.1) is 5.56 Å². The van der Waals surface area contributed by atoms with E-state index in [4.69, 9.17) is 4.74 Å². The predicted molar refractivity (Wildman–Crippen MR) is 112 cm³/mol. The molecule has 4 aliphatic carbocycles. The molecule has 0 bridgehead atoms. The van der Waals surface area contributed by atoms with Crippen LogP contribution in [0.15, 0.2) is 42.5 Å². The molecular formula is C26H34O2. The van der Waals surface area contributed by atoms with E-state index in [0.29, 0.717) is 16.4 Å². The lowest BCUT2D eigenvalue weighted by Gasteiger charge is -2.60. The molecule has 0 amide bonds. The molecule has 0 N–H and O–H groups in total. The third-order valence-electron chi connectivity index (χ3n) is 9.23. The van der Waals surface area contributed by atoms with Crippen LogP contribution in [0.4, 0.5) is 0 Å². The molecule has 0 unspecified atom stereocenters. The second-order valence-electron chi connectivity index (χ2n) is 10.5. The van der Waals surface area contributed by atoms with E-state index in [9.17, 15) is 4.79 Å². The first-order valence-electron chi connectivity index (χ1n) is 11.4. The van der Waals surface area contributed by atoms with Crippen LogP contribution in [0, 0.1) is 34.5 Å². The van der Waals surface area contributed by atoms with Crippen LogP contribution in [0.25, 0.3) is 0 Å². The maximum atomic E-state index is 12.5. The first kappa shape index (κ1) is 18.5. The zero-order chi connectivity index (χ0) is 19.4. The molecule has 0 radical (unpaired) electrons. The van der Waals surface area contributed by atoms with Gasteiger partial charge in [-0.1, -0.05) is 44.2 Å². The minimum Gasteiger partial charge on any atom is -0.459 e. The summed E-state index contributed by atoms with van der Waals surface area (Å²) in [6.07, 6.45) is 15.2. The van der Waals surface area contributed by atoms with Gasteiger partial charge >= 0.3 is 5.97 Å². The summed E-state index contributed by atoms with van der Waals surface area (Å²) in [5.41, 5.74) is 1.59. The largest absolute Gasteiger partial charge is 0.459 e. The molecule has 0 spiro atoms. The predicted octanol–water partition coefficient (Wildman–Crippen LogP) is 6.42. The van der Waals surface area contributed by atoms with Crippen molar-refractivity contribution in [2.24, 2.45) is 34.5 Å². The van der Waals surface area contributed by atoms with Crippen molar-refractivity contribution in [2.75, 3.05) is 0 Å². The number of ether oxygens (including phenoxy) is 1. The number of hydrogen-bond acceptors (Lipinski definition) is 2. The number of carbonyl (C=O) groups excluding carboxylic acids is 1. The normalized spacial score (nSPS) is 44.3. The summed E-state index contributed by atoms with van der Waals surface area (Å²) >= 11 is 0. The Morgan fingerprint density at radius 1 is 1.00 bits per heavy atom. The van der Waals surface area contributed by atoms with Crippen molar-refractivity contribution in [1.82, 2.24) is 0 Å². The first-order chi connectivity index (χ1) is 13.5. The van der Waals surface area contributed by atoms with Gasteiger partial charge in [-0.3, -0.25) is 0 Å². The Balaban J connectivity index is 1.28. The number of carbonyl (C=O) groups is 1. The van der Waals surface area contributed by atoms with Crippen molar-refractivity contribution in [2.45, 2.75) is 71.3 Å². The van der Waals surface area contributed by atoms with Gasteiger partial charge in [0.25, 0.3) is 0 Å². The van der Waals surface area contributed by atoms with Crippen molar-refractivity contribution < 1.29 is 9.53 Å². The molecule has 1 aromatic carbocycles. The quantitative estimate of drug-likeness (QED) is 0.438. The molecule has 150 valence electrons. The van der Waals surface area contributed by atoms with Crippen molar-refractivity contribution in [3.8, 4) is 0 Å². The van der Waals surface area contributed by atoms with Gasteiger partial charge in [-0.05, 0) is 98.0 Å². The van der Waals surface area contributed by atoms with Gasteiger partial charge in [0, 0.05) is 0 Å². The maximum absolute atomic E-state index is 12.5. The highest BCUT2D eigenvalue weighted by Crippen LogP contribution is 2.65. The average molecular weight is 379 g/mol. The first-order valence-corrected chi connectivity index (χ1v) is 11.4. The number of esters is 1. The lowest BCUT2D eigenvalue weighted by atomic mass is 9.45. The highest BCUT2D eigenvalue weighted by atomic mass is 16.5. The van der Waals surface area contributed by atoms with Crippen LogP contribution in [-0.4, -0.2) is 12.1 Å². The molecule has 0 aromatic heterocycles. The highest BCUT2D eigenvalue weighted by Gasteiger charge is 2.57. The summed E-state index contributed by atoms with van der Waals surface area (Å²) in [6.45, 7) is 5.08. The number of allylic oxidation sites excluding steroid dienone is 2. The van der Waals surface area contributed by atoms with Gasteiger partial charge in [-0.25, -0.2) is 4.79 Å². The Morgan fingerprint density at radius 3 is 2.64 bits per heavy atom. The summed E-state index contributed by atoms with van der Waals surface area (Å²) in [4.78, 5) is 12.5. The zero-order valence-corrected chi connectivity index (χ0v) is 17.4. The molecular weight excluding hydrogens is 344 g/mol. The van der Waals surface area contributed by atoms with Crippen LogP contribution in [0.1, 0.15) is 75.6 Å². The lowest BCUT2D eigenvalue weighted by Crippen LogP contribution is -2.53. The standard InChI is InChI=1S/C26H34O2/c1-25-14-6-9-22(25)21-11-10-19-17-20(12-16-26(19,2)23(21)13-15-25)28-24(27)18-7-4-3-5-8-18/h3-8,14,19-23H,9-13,15-17H2,1-2H3/t19-,20+,21-,22+,23-,25-,26-/m0/s1. The molecule has 3 saturated carbocycles. The minimum atomic E-state index is -0.145. The minimum absolute atomic E-state index is 0.101. The number of rotatable bonds is 2.